The Morgan fingerprint density at radius 3 is 2.33 bits per heavy atom. The van der Waals surface area contributed by atoms with E-state index in [1.54, 1.807) is 18.2 Å². The molecule has 18 heavy (non-hydrogen) atoms. The number of hydrogen-bond acceptors (Lipinski definition) is 3. The average molecular weight is 252 g/mol. The number of nitrogens with zero attached hydrogens (tertiary/aromatic N) is 2. The van der Waals surface area contributed by atoms with Gasteiger partial charge in [-0.05, 0) is 24.3 Å². The lowest BCUT2D eigenvalue weighted by Gasteiger charge is -2.05. The molecule has 0 spiro atoms. The highest BCUT2D eigenvalue weighted by Gasteiger charge is 2.40. The van der Waals surface area contributed by atoms with Crippen molar-refractivity contribution in [2.24, 2.45) is 0 Å². The number of alkyl halides is 3. The standard InChI is InChI=1S/C12H7F3N2O/c13-12(14,15)11(18)10-6-3-5-9(17-10)8-4-1-2-7-16-8/h1-7H. The van der Waals surface area contributed by atoms with Gasteiger partial charge < -0.3 is 0 Å². The molecule has 0 radical (unpaired) electrons. The van der Waals surface area contributed by atoms with Crippen LogP contribution in [0.1, 0.15) is 10.5 Å². The van der Waals surface area contributed by atoms with Crippen molar-refractivity contribution in [1.82, 2.24) is 9.97 Å². The molecular formula is C12H7F3N2O. The van der Waals surface area contributed by atoms with Gasteiger partial charge in [-0.3, -0.25) is 9.78 Å². The highest BCUT2D eigenvalue weighted by Crippen LogP contribution is 2.22. The Kier molecular flexibility index (Phi) is 3.10. The Bertz CT molecular complexity index is 567. The van der Waals surface area contributed by atoms with E-state index in [-0.39, 0.29) is 5.69 Å². The summed E-state index contributed by atoms with van der Waals surface area (Å²) in [4.78, 5) is 18.7. The fraction of sp³-hybridized carbons (Fsp3) is 0.0833. The maximum atomic E-state index is 12.3. The largest absolute Gasteiger partial charge is 0.456 e. The summed E-state index contributed by atoms with van der Waals surface area (Å²) in [6.45, 7) is 0. The van der Waals surface area contributed by atoms with Gasteiger partial charge in [-0.2, -0.15) is 13.2 Å². The highest BCUT2D eigenvalue weighted by molar-refractivity contribution is 5.98. The molecule has 0 unspecified atom stereocenters. The van der Waals surface area contributed by atoms with Gasteiger partial charge in [0.15, 0.2) is 0 Å². The number of carbonyl (C=O) groups excluding carboxylic acids is 1. The Morgan fingerprint density at radius 1 is 1.00 bits per heavy atom. The summed E-state index contributed by atoms with van der Waals surface area (Å²) in [5.41, 5.74) is 0.00526. The van der Waals surface area contributed by atoms with Crippen LogP contribution in [0.25, 0.3) is 11.4 Å². The summed E-state index contributed by atoms with van der Waals surface area (Å²) in [5.74, 6) is -1.96. The second-order valence-electron chi connectivity index (χ2n) is 3.45. The van der Waals surface area contributed by atoms with E-state index >= 15 is 0 Å². The smallest absolute Gasteiger partial charge is 0.282 e. The van der Waals surface area contributed by atoms with Crippen LogP contribution in [0.2, 0.25) is 0 Å². The first kappa shape index (κ1) is 12.2. The summed E-state index contributed by atoms with van der Waals surface area (Å²) >= 11 is 0. The lowest BCUT2D eigenvalue weighted by atomic mass is 10.2. The van der Waals surface area contributed by atoms with Gasteiger partial charge in [0.2, 0.25) is 0 Å². The van der Waals surface area contributed by atoms with Crippen LogP contribution in [0.15, 0.2) is 42.6 Å². The molecule has 0 atom stereocenters. The van der Waals surface area contributed by atoms with E-state index in [9.17, 15) is 18.0 Å². The van der Waals surface area contributed by atoms with Gasteiger partial charge in [0.1, 0.15) is 5.69 Å². The van der Waals surface area contributed by atoms with Gasteiger partial charge in [-0.15, -0.1) is 0 Å². The van der Waals surface area contributed by atoms with Gasteiger partial charge in [-0.1, -0.05) is 12.1 Å². The van der Waals surface area contributed by atoms with Crippen molar-refractivity contribution in [2.45, 2.75) is 6.18 Å². The monoisotopic (exact) mass is 252 g/mol. The third kappa shape index (κ3) is 2.53. The van der Waals surface area contributed by atoms with Gasteiger partial charge in [0, 0.05) is 6.20 Å². The van der Waals surface area contributed by atoms with E-state index in [0.717, 1.165) is 6.07 Å². The normalized spacial score (nSPS) is 11.3. The molecule has 0 fully saturated rings. The summed E-state index contributed by atoms with van der Waals surface area (Å²) in [7, 11) is 0. The molecule has 6 heteroatoms. The number of Topliss-reactive ketones (excluding diaryl/α,β-unsaturated/α-hetero) is 1. The maximum Gasteiger partial charge on any atom is 0.456 e. The molecule has 0 aromatic carbocycles. The molecule has 0 N–H and O–H groups in total. The maximum absolute atomic E-state index is 12.3. The van der Waals surface area contributed by atoms with E-state index < -0.39 is 17.7 Å². The number of rotatable bonds is 2. The van der Waals surface area contributed by atoms with Crippen molar-refractivity contribution >= 4 is 5.78 Å². The molecule has 0 aliphatic heterocycles. The van der Waals surface area contributed by atoms with Gasteiger partial charge in [0.05, 0.1) is 11.4 Å². The third-order valence-corrected chi connectivity index (χ3v) is 2.17. The minimum Gasteiger partial charge on any atom is -0.282 e. The first-order valence-electron chi connectivity index (χ1n) is 4.98. The number of carbonyl (C=O) groups is 1. The molecule has 0 aliphatic carbocycles. The van der Waals surface area contributed by atoms with Crippen LogP contribution in [0.3, 0.4) is 0 Å². The van der Waals surface area contributed by atoms with Crippen LogP contribution in [0.4, 0.5) is 13.2 Å². The quantitative estimate of drug-likeness (QED) is 0.772. The molecular weight excluding hydrogens is 245 g/mol. The van der Waals surface area contributed by atoms with E-state index in [4.69, 9.17) is 0 Å². The predicted octanol–water partition coefficient (Wildman–Crippen LogP) is 2.89. The van der Waals surface area contributed by atoms with Crippen molar-refractivity contribution in [3.63, 3.8) is 0 Å². The van der Waals surface area contributed by atoms with Crippen molar-refractivity contribution in [2.75, 3.05) is 0 Å². The molecule has 0 bridgehead atoms. The average Bonchev–Trinajstić information content (AvgIpc) is 2.38. The van der Waals surface area contributed by atoms with Crippen molar-refractivity contribution in [1.29, 1.82) is 0 Å². The Morgan fingerprint density at radius 2 is 1.72 bits per heavy atom. The van der Waals surface area contributed by atoms with E-state index in [1.807, 2.05) is 0 Å². The second kappa shape index (κ2) is 4.56. The predicted molar refractivity (Wildman–Crippen MR) is 57.9 cm³/mol. The third-order valence-electron chi connectivity index (χ3n) is 2.17. The molecule has 2 aromatic rings. The second-order valence-corrected chi connectivity index (χ2v) is 3.45. The Labute approximate surface area is 100 Å². The van der Waals surface area contributed by atoms with Crippen molar-refractivity contribution < 1.29 is 18.0 Å². The topological polar surface area (TPSA) is 42.9 Å². The first-order chi connectivity index (χ1) is 8.48. The summed E-state index contributed by atoms with van der Waals surface area (Å²) in [6.07, 6.45) is -3.43. The van der Waals surface area contributed by atoms with Crippen molar-refractivity contribution in [3.05, 3.63) is 48.3 Å². The molecule has 2 rings (SSSR count). The lowest BCUT2D eigenvalue weighted by Crippen LogP contribution is -2.23. The number of pyridine rings is 2. The van der Waals surface area contributed by atoms with Crippen LogP contribution in [-0.2, 0) is 0 Å². The molecule has 0 amide bonds. The number of aromatic nitrogens is 2. The molecule has 92 valence electrons. The molecule has 0 saturated heterocycles. The van der Waals surface area contributed by atoms with E-state index in [1.165, 1.54) is 18.3 Å². The molecule has 2 heterocycles. The van der Waals surface area contributed by atoms with Crippen LogP contribution >= 0.6 is 0 Å². The molecule has 3 nitrogen and oxygen atoms in total. The fourth-order valence-corrected chi connectivity index (χ4v) is 1.36. The van der Waals surface area contributed by atoms with Crippen LogP contribution in [-0.4, -0.2) is 21.9 Å². The zero-order valence-corrected chi connectivity index (χ0v) is 8.98. The number of halogens is 3. The fourth-order valence-electron chi connectivity index (χ4n) is 1.36. The van der Waals surface area contributed by atoms with Crippen LogP contribution in [0, 0.1) is 0 Å². The van der Waals surface area contributed by atoms with E-state index in [2.05, 4.69) is 9.97 Å². The summed E-state index contributed by atoms with van der Waals surface area (Å²) in [5, 5.41) is 0. The SMILES string of the molecule is O=C(c1cccc(-c2ccccn2)n1)C(F)(F)F. The molecule has 2 aromatic heterocycles. The molecule has 0 aliphatic rings. The van der Waals surface area contributed by atoms with Gasteiger partial charge in [0.25, 0.3) is 5.78 Å². The lowest BCUT2D eigenvalue weighted by molar-refractivity contribution is -0.0888. The highest BCUT2D eigenvalue weighted by atomic mass is 19.4. The Balaban J connectivity index is 2.41. The zero-order chi connectivity index (χ0) is 13.2. The van der Waals surface area contributed by atoms with Crippen LogP contribution in [0.5, 0.6) is 0 Å². The minimum absolute atomic E-state index is 0.228. The number of hydrogen-bond donors (Lipinski definition) is 0. The van der Waals surface area contributed by atoms with E-state index in [0.29, 0.717) is 5.69 Å². The van der Waals surface area contributed by atoms with Crippen molar-refractivity contribution in [3.8, 4) is 11.4 Å². The van der Waals surface area contributed by atoms with Crippen LogP contribution < -0.4 is 0 Å². The summed E-state index contributed by atoms with van der Waals surface area (Å²) in [6, 6.07) is 8.83. The van der Waals surface area contributed by atoms with Gasteiger partial charge >= 0.3 is 6.18 Å². The summed E-state index contributed by atoms with van der Waals surface area (Å²) < 4.78 is 36.8. The van der Waals surface area contributed by atoms with Gasteiger partial charge in [-0.25, -0.2) is 4.98 Å². The Hall–Kier alpha value is -2.24. The zero-order valence-electron chi connectivity index (χ0n) is 8.98. The first-order valence-corrected chi connectivity index (χ1v) is 4.98. The number of ketones is 1. The molecule has 0 saturated carbocycles. The minimum atomic E-state index is -4.92.